The average molecular weight is 280 g/mol. The maximum absolute atomic E-state index is 6.25. The molecule has 2 fully saturated rings. The predicted molar refractivity (Wildman–Crippen MR) is 79.8 cm³/mol. The van der Waals surface area contributed by atoms with Gasteiger partial charge in [-0.3, -0.25) is 0 Å². The number of aromatic nitrogens is 1. The summed E-state index contributed by atoms with van der Waals surface area (Å²) in [5, 5.41) is 4.30. The highest BCUT2D eigenvalue weighted by Gasteiger charge is 2.22. The summed E-state index contributed by atoms with van der Waals surface area (Å²) in [6, 6.07) is 3.47. The van der Waals surface area contributed by atoms with Crippen molar-refractivity contribution in [2.45, 2.75) is 57.7 Å². The molecular formula is C15H22ClN3. The van der Waals surface area contributed by atoms with Gasteiger partial charge in [-0.15, -0.1) is 0 Å². The number of piperidine rings is 1. The Morgan fingerprint density at radius 1 is 1.37 bits per heavy atom. The fourth-order valence-corrected chi connectivity index (χ4v) is 2.91. The molecule has 3 nitrogen and oxygen atoms in total. The largest absolute Gasteiger partial charge is 0.354 e. The van der Waals surface area contributed by atoms with E-state index in [0.717, 1.165) is 23.9 Å². The molecule has 2 aliphatic rings. The minimum absolute atomic E-state index is 0.590. The van der Waals surface area contributed by atoms with E-state index in [1.807, 2.05) is 6.20 Å². The van der Waals surface area contributed by atoms with Crippen molar-refractivity contribution in [1.29, 1.82) is 0 Å². The number of halogens is 1. The van der Waals surface area contributed by atoms with E-state index in [9.17, 15) is 0 Å². The summed E-state index contributed by atoms with van der Waals surface area (Å²) in [6.45, 7) is 4.27. The van der Waals surface area contributed by atoms with Crippen LogP contribution in [0.1, 0.15) is 44.6 Å². The summed E-state index contributed by atoms with van der Waals surface area (Å²) in [7, 11) is 0. The Morgan fingerprint density at radius 2 is 2.21 bits per heavy atom. The maximum Gasteiger partial charge on any atom is 0.129 e. The summed E-state index contributed by atoms with van der Waals surface area (Å²) in [5.74, 6) is 1.09. The molecule has 1 aliphatic heterocycles. The lowest BCUT2D eigenvalue weighted by Gasteiger charge is -2.34. The normalized spacial score (nSPS) is 23.7. The van der Waals surface area contributed by atoms with Gasteiger partial charge in [0.1, 0.15) is 5.82 Å². The molecule has 2 heterocycles. The molecule has 19 heavy (non-hydrogen) atoms. The van der Waals surface area contributed by atoms with Gasteiger partial charge >= 0.3 is 0 Å². The van der Waals surface area contributed by atoms with E-state index in [2.05, 4.69) is 28.2 Å². The van der Waals surface area contributed by atoms with E-state index in [0.29, 0.717) is 12.1 Å². The third-order valence-corrected chi connectivity index (χ3v) is 4.52. The van der Waals surface area contributed by atoms with Crippen LogP contribution < -0.4 is 10.2 Å². The molecule has 0 radical (unpaired) electrons. The van der Waals surface area contributed by atoms with Crippen LogP contribution >= 0.6 is 11.6 Å². The lowest BCUT2D eigenvalue weighted by Crippen LogP contribution is -2.38. The third kappa shape index (κ3) is 3.21. The van der Waals surface area contributed by atoms with Crippen molar-refractivity contribution in [3.05, 3.63) is 22.8 Å². The Kier molecular flexibility index (Phi) is 3.94. The number of nitrogens with zero attached hydrogens (tertiary/aromatic N) is 2. The van der Waals surface area contributed by atoms with Crippen molar-refractivity contribution in [3.8, 4) is 0 Å². The first-order valence-electron chi connectivity index (χ1n) is 7.38. The second-order valence-corrected chi connectivity index (χ2v) is 6.23. The van der Waals surface area contributed by atoms with Crippen LogP contribution in [-0.2, 0) is 6.54 Å². The van der Waals surface area contributed by atoms with Gasteiger partial charge in [0.05, 0.1) is 5.02 Å². The van der Waals surface area contributed by atoms with Crippen LogP contribution in [-0.4, -0.2) is 23.6 Å². The molecular weight excluding hydrogens is 258 g/mol. The molecule has 1 aromatic rings. The molecule has 1 atom stereocenters. The zero-order chi connectivity index (χ0) is 13.2. The second kappa shape index (κ2) is 5.68. The second-order valence-electron chi connectivity index (χ2n) is 5.83. The van der Waals surface area contributed by atoms with Crippen LogP contribution in [0, 0.1) is 0 Å². The number of pyridine rings is 1. The molecule has 0 aromatic carbocycles. The van der Waals surface area contributed by atoms with Crippen LogP contribution in [0.3, 0.4) is 0 Å². The van der Waals surface area contributed by atoms with Gasteiger partial charge in [0.15, 0.2) is 0 Å². The van der Waals surface area contributed by atoms with E-state index < -0.39 is 0 Å². The fraction of sp³-hybridized carbons (Fsp3) is 0.667. The first kappa shape index (κ1) is 13.2. The first-order chi connectivity index (χ1) is 9.24. The molecule has 0 bridgehead atoms. The van der Waals surface area contributed by atoms with E-state index in [-0.39, 0.29) is 0 Å². The van der Waals surface area contributed by atoms with Crippen molar-refractivity contribution in [2.24, 2.45) is 0 Å². The third-order valence-electron chi connectivity index (χ3n) is 4.18. The van der Waals surface area contributed by atoms with Crippen LogP contribution in [0.5, 0.6) is 0 Å². The van der Waals surface area contributed by atoms with Gasteiger partial charge < -0.3 is 10.2 Å². The number of hydrogen-bond acceptors (Lipinski definition) is 3. The van der Waals surface area contributed by atoms with Gasteiger partial charge in [0.2, 0.25) is 0 Å². The molecule has 4 heteroatoms. The minimum atomic E-state index is 0.590. The number of anilines is 1. The number of nitrogens with one attached hydrogen (secondary N) is 1. The standard InChI is InChI=1S/C15H22ClN3/c1-11-4-2-3-7-19(11)15-8-12(14(16)10-18-15)9-17-13-5-6-13/h8,10-11,13,17H,2-7,9H2,1H3. The SMILES string of the molecule is CC1CCCCN1c1cc(CNC2CC2)c(Cl)cn1. The fourth-order valence-electron chi connectivity index (χ4n) is 2.74. The molecule has 1 aliphatic carbocycles. The Morgan fingerprint density at radius 3 is 2.95 bits per heavy atom. The monoisotopic (exact) mass is 279 g/mol. The molecule has 0 amide bonds. The maximum atomic E-state index is 6.25. The Hall–Kier alpha value is -0.800. The highest BCUT2D eigenvalue weighted by atomic mass is 35.5. The topological polar surface area (TPSA) is 28.2 Å². The van der Waals surface area contributed by atoms with Gasteiger partial charge in [-0.25, -0.2) is 4.98 Å². The zero-order valence-corrected chi connectivity index (χ0v) is 12.3. The lowest BCUT2D eigenvalue weighted by molar-refractivity contribution is 0.481. The summed E-state index contributed by atoms with van der Waals surface area (Å²) in [6.07, 6.45) is 8.28. The summed E-state index contributed by atoms with van der Waals surface area (Å²) < 4.78 is 0. The highest BCUT2D eigenvalue weighted by Crippen LogP contribution is 2.27. The van der Waals surface area contributed by atoms with Crippen molar-refractivity contribution in [1.82, 2.24) is 10.3 Å². The van der Waals surface area contributed by atoms with E-state index in [1.54, 1.807) is 0 Å². The predicted octanol–water partition coefficient (Wildman–Crippen LogP) is 3.37. The van der Waals surface area contributed by atoms with E-state index in [4.69, 9.17) is 11.6 Å². The first-order valence-corrected chi connectivity index (χ1v) is 7.76. The van der Waals surface area contributed by atoms with Gasteiger partial charge in [0, 0.05) is 31.4 Å². The smallest absolute Gasteiger partial charge is 0.129 e. The molecule has 1 aromatic heterocycles. The highest BCUT2D eigenvalue weighted by molar-refractivity contribution is 6.31. The van der Waals surface area contributed by atoms with Gasteiger partial charge in [0.25, 0.3) is 0 Å². The van der Waals surface area contributed by atoms with E-state index >= 15 is 0 Å². The van der Waals surface area contributed by atoms with Crippen molar-refractivity contribution in [3.63, 3.8) is 0 Å². The lowest BCUT2D eigenvalue weighted by atomic mass is 10.0. The Bertz CT molecular complexity index is 445. The molecule has 0 spiro atoms. The molecule has 1 saturated heterocycles. The van der Waals surface area contributed by atoms with Crippen molar-refractivity contribution < 1.29 is 0 Å². The zero-order valence-electron chi connectivity index (χ0n) is 11.5. The minimum Gasteiger partial charge on any atom is -0.354 e. The van der Waals surface area contributed by atoms with Crippen molar-refractivity contribution in [2.75, 3.05) is 11.4 Å². The Balaban J connectivity index is 1.74. The van der Waals surface area contributed by atoms with Crippen LogP contribution in [0.4, 0.5) is 5.82 Å². The molecule has 1 unspecified atom stereocenters. The summed E-state index contributed by atoms with van der Waals surface area (Å²) >= 11 is 6.25. The van der Waals surface area contributed by atoms with Gasteiger partial charge in [-0.05, 0) is 50.7 Å². The van der Waals surface area contributed by atoms with Crippen molar-refractivity contribution >= 4 is 17.4 Å². The van der Waals surface area contributed by atoms with Gasteiger partial charge in [-0.2, -0.15) is 0 Å². The quantitative estimate of drug-likeness (QED) is 0.916. The molecule has 1 saturated carbocycles. The molecule has 1 N–H and O–H groups in total. The average Bonchev–Trinajstić information content (AvgIpc) is 3.23. The van der Waals surface area contributed by atoms with E-state index in [1.165, 1.54) is 37.7 Å². The van der Waals surface area contributed by atoms with Crippen LogP contribution in [0.2, 0.25) is 5.02 Å². The van der Waals surface area contributed by atoms with Crippen LogP contribution in [0.25, 0.3) is 0 Å². The summed E-state index contributed by atoms with van der Waals surface area (Å²) in [5.41, 5.74) is 1.18. The number of rotatable bonds is 4. The summed E-state index contributed by atoms with van der Waals surface area (Å²) in [4.78, 5) is 6.94. The molecule has 3 rings (SSSR count). The van der Waals surface area contributed by atoms with Gasteiger partial charge in [-0.1, -0.05) is 11.6 Å². The number of hydrogen-bond donors (Lipinski definition) is 1. The Labute approximate surface area is 120 Å². The molecule has 104 valence electrons. The van der Waals surface area contributed by atoms with Crippen LogP contribution in [0.15, 0.2) is 12.3 Å².